The average Bonchev–Trinajstić information content (AvgIpc) is 2.69. The first-order valence-electron chi connectivity index (χ1n) is 10.8. The maximum atomic E-state index is 12.6. The molecule has 0 saturated carbocycles. The van der Waals surface area contributed by atoms with Crippen LogP contribution in [0.4, 0.5) is 0 Å². The summed E-state index contributed by atoms with van der Waals surface area (Å²) in [6.45, 7) is 2.27. The van der Waals surface area contributed by atoms with Crippen LogP contribution in [0.2, 0.25) is 0 Å². The number of Topliss-reactive ketones (excluding diaryl/α,β-unsaturated/α-hetero) is 1. The van der Waals surface area contributed by atoms with Crippen LogP contribution in [-0.4, -0.2) is 23.5 Å². The number of hydrogen-bond acceptors (Lipinski definition) is 1. The van der Waals surface area contributed by atoms with E-state index in [0.717, 1.165) is 10.9 Å². The lowest BCUT2D eigenvalue weighted by Crippen LogP contribution is -2.18. The minimum atomic E-state index is 0.203. The Kier molecular flexibility index (Phi) is 10.6. The van der Waals surface area contributed by atoms with Crippen molar-refractivity contribution >= 4 is 27.5 Å². The molecule has 0 bridgehead atoms. The van der Waals surface area contributed by atoms with Gasteiger partial charge in [0, 0.05) is 5.56 Å². The number of rotatable bonds is 14. The molecule has 0 saturated heterocycles. The molecular weight excluding hydrogens is 348 g/mol. The van der Waals surface area contributed by atoms with E-state index in [0.29, 0.717) is 11.5 Å². The van der Waals surface area contributed by atoms with E-state index in [9.17, 15) is 4.79 Å². The lowest BCUT2D eigenvalue weighted by atomic mass is 10.1. The zero-order chi connectivity index (χ0) is 19.3. The van der Waals surface area contributed by atoms with Gasteiger partial charge in [0.25, 0.3) is 0 Å². The molecule has 2 rings (SSSR count). The van der Waals surface area contributed by atoms with Gasteiger partial charge in [0.1, 0.15) is 5.75 Å². The molecule has 0 N–H and O–H groups in total. The fourth-order valence-corrected chi connectivity index (χ4v) is 5.03. The van der Waals surface area contributed by atoms with E-state index >= 15 is 0 Å². The van der Waals surface area contributed by atoms with E-state index in [2.05, 4.69) is 37.4 Å². The van der Waals surface area contributed by atoms with E-state index in [1.54, 1.807) is 0 Å². The molecule has 2 heteroatoms. The molecule has 27 heavy (non-hydrogen) atoms. The monoisotopic (exact) mass is 385 g/mol. The average molecular weight is 386 g/mol. The van der Waals surface area contributed by atoms with Gasteiger partial charge in [-0.1, -0.05) is 94.7 Å². The highest BCUT2D eigenvalue weighted by Crippen LogP contribution is 2.17. The van der Waals surface area contributed by atoms with E-state index in [-0.39, 0.29) is 10.9 Å². The molecule has 1 unspecified atom stereocenters. The lowest BCUT2D eigenvalue weighted by Gasteiger charge is -2.05. The summed E-state index contributed by atoms with van der Waals surface area (Å²) in [5.41, 5.74) is 0.871. The largest absolute Gasteiger partial charge is 0.289 e. The van der Waals surface area contributed by atoms with Crippen LogP contribution in [0.25, 0.3) is 10.8 Å². The molecule has 0 fully saturated rings. The van der Waals surface area contributed by atoms with Crippen molar-refractivity contribution in [2.24, 2.45) is 0 Å². The van der Waals surface area contributed by atoms with Crippen LogP contribution in [-0.2, 0) is 10.9 Å². The maximum absolute atomic E-state index is 12.6. The molecule has 148 valence electrons. The van der Waals surface area contributed by atoms with Gasteiger partial charge in [0.2, 0.25) is 5.78 Å². The van der Waals surface area contributed by atoms with Gasteiger partial charge in [-0.2, -0.15) is 0 Å². The first kappa shape index (κ1) is 22.0. The zero-order valence-corrected chi connectivity index (χ0v) is 18.2. The first-order valence-corrected chi connectivity index (χ1v) is 12.8. The normalized spacial score (nSPS) is 12.4. The van der Waals surface area contributed by atoms with Gasteiger partial charge in [-0.25, -0.2) is 0 Å². The minimum Gasteiger partial charge on any atom is -0.289 e. The van der Waals surface area contributed by atoms with Gasteiger partial charge in [0.15, 0.2) is 5.75 Å². The van der Waals surface area contributed by atoms with Gasteiger partial charge in [0.05, 0.1) is 6.26 Å². The summed E-state index contributed by atoms with van der Waals surface area (Å²) >= 11 is 0. The van der Waals surface area contributed by atoms with Crippen LogP contribution < -0.4 is 0 Å². The van der Waals surface area contributed by atoms with Crippen molar-refractivity contribution in [1.29, 1.82) is 0 Å². The lowest BCUT2D eigenvalue weighted by molar-refractivity contribution is 0.102. The second-order valence-corrected chi connectivity index (χ2v) is 10.1. The Morgan fingerprint density at radius 3 is 2.04 bits per heavy atom. The molecule has 1 atom stereocenters. The van der Waals surface area contributed by atoms with Crippen molar-refractivity contribution < 1.29 is 4.79 Å². The molecule has 0 aromatic heterocycles. The van der Waals surface area contributed by atoms with Crippen molar-refractivity contribution in [2.45, 2.75) is 71.1 Å². The smallest absolute Gasteiger partial charge is 0.211 e. The topological polar surface area (TPSA) is 17.1 Å². The van der Waals surface area contributed by atoms with Gasteiger partial charge in [-0.05, 0) is 40.6 Å². The summed E-state index contributed by atoms with van der Waals surface area (Å²) < 4.78 is 0. The summed E-state index contributed by atoms with van der Waals surface area (Å²) in [5.74, 6) is 2.21. The van der Waals surface area contributed by atoms with Crippen LogP contribution >= 0.6 is 0 Å². The SMILES string of the molecule is CCCCCCCCCCCC[S+](C)CC(=O)c1ccc2ccccc2c1. The molecule has 0 spiro atoms. The summed E-state index contributed by atoms with van der Waals surface area (Å²) in [6, 6.07) is 14.4. The van der Waals surface area contributed by atoms with Crippen molar-refractivity contribution in [3.8, 4) is 0 Å². The van der Waals surface area contributed by atoms with Crippen LogP contribution in [0.5, 0.6) is 0 Å². The molecule has 0 aliphatic heterocycles. The Morgan fingerprint density at radius 1 is 0.778 bits per heavy atom. The number of benzene rings is 2. The van der Waals surface area contributed by atoms with E-state index < -0.39 is 0 Å². The van der Waals surface area contributed by atoms with Crippen LogP contribution in [0.1, 0.15) is 81.5 Å². The predicted molar refractivity (Wildman–Crippen MR) is 123 cm³/mol. The number of fused-ring (bicyclic) bond motifs is 1. The highest BCUT2D eigenvalue weighted by Gasteiger charge is 2.18. The Balaban J connectivity index is 1.58. The molecule has 2 aromatic rings. The zero-order valence-electron chi connectivity index (χ0n) is 17.3. The fourth-order valence-electron chi connectivity index (χ4n) is 3.58. The maximum Gasteiger partial charge on any atom is 0.211 e. The first-order chi connectivity index (χ1) is 13.2. The van der Waals surface area contributed by atoms with Crippen LogP contribution in [0.15, 0.2) is 42.5 Å². The van der Waals surface area contributed by atoms with E-state index in [1.807, 2.05) is 18.2 Å². The molecule has 0 aliphatic carbocycles. The van der Waals surface area contributed by atoms with Gasteiger partial charge in [-0.3, -0.25) is 4.79 Å². The molecule has 0 heterocycles. The third-order valence-corrected chi connectivity index (χ3v) is 7.04. The van der Waals surface area contributed by atoms with Crippen LogP contribution in [0.3, 0.4) is 0 Å². The summed E-state index contributed by atoms with van der Waals surface area (Å²) in [6.07, 6.45) is 16.0. The third-order valence-electron chi connectivity index (χ3n) is 5.30. The van der Waals surface area contributed by atoms with Gasteiger partial charge in [-0.15, -0.1) is 0 Å². The number of hydrogen-bond donors (Lipinski definition) is 0. The Morgan fingerprint density at radius 2 is 1.37 bits per heavy atom. The standard InChI is InChI=1S/C25H37OS/c1-3-4-5-6-7-8-9-10-11-14-19-27(2)21-25(26)24-18-17-22-15-12-13-16-23(22)20-24/h12-13,15-18,20H,3-11,14,19,21H2,1-2H3/q+1. The number of carbonyl (C=O) groups excluding carboxylic acids is 1. The van der Waals surface area contributed by atoms with Crippen molar-refractivity contribution in [1.82, 2.24) is 0 Å². The fraction of sp³-hybridized carbons (Fsp3) is 0.560. The number of ketones is 1. The Hall–Kier alpha value is -1.28. The molecular formula is C25H37OS+. The summed E-state index contributed by atoms with van der Waals surface area (Å²) in [7, 11) is 0.203. The second kappa shape index (κ2) is 13.0. The summed E-state index contributed by atoms with van der Waals surface area (Å²) in [4.78, 5) is 12.6. The quantitative estimate of drug-likeness (QED) is 0.191. The second-order valence-electron chi connectivity index (χ2n) is 7.80. The van der Waals surface area contributed by atoms with E-state index in [4.69, 9.17) is 0 Å². The highest BCUT2D eigenvalue weighted by atomic mass is 32.2. The molecule has 0 radical (unpaired) electrons. The van der Waals surface area contributed by atoms with Gasteiger partial charge >= 0.3 is 0 Å². The Labute approximate surface area is 169 Å². The summed E-state index contributed by atoms with van der Waals surface area (Å²) in [5, 5.41) is 2.36. The molecule has 2 aromatic carbocycles. The molecule has 0 amide bonds. The highest BCUT2D eigenvalue weighted by molar-refractivity contribution is 7.96. The number of unbranched alkanes of at least 4 members (excludes halogenated alkanes) is 9. The molecule has 1 nitrogen and oxygen atoms in total. The van der Waals surface area contributed by atoms with Crippen molar-refractivity contribution in [3.63, 3.8) is 0 Å². The van der Waals surface area contributed by atoms with E-state index in [1.165, 1.54) is 75.3 Å². The third kappa shape index (κ3) is 8.51. The predicted octanol–water partition coefficient (Wildman–Crippen LogP) is 7.19. The van der Waals surface area contributed by atoms with Crippen molar-refractivity contribution in [3.05, 3.63) is 48.0 Å². The van der Waals surface area contributed by atoms with Crippen LogP contribution in [0, 0.1) is 0 Å². The molecule has 0 aliphatic rings. The minimum absolute atomic E-state index is 0.203. The van der Waals surface area contributed by atoms with Gasteiger partial charge < -0.3 is 0 Å². The van der Waals surface area contributed by atoms with Crippen molar-refractivity contribution in [2.75, 3.05) is 17.8 Å². The Bertz CT molecular complexity index is 679. The number of carbonyl (C=O) groups is 1.